The molecule has 0 bridgehead atoms. The van der Waals surface area contributed by atoms with E-state index in [1.807, 2.05) is 45.9 Å². The van der Waals surface area contributed by atoms with Gasteiger partial charge in [0.15, 0.2) is 0 Å². The molecule has 0 radical (unpaired) electrons. The molecule has 24 nitrogen and oxygen atoms in total. The van der Waals surface area contributed by atoms with Gasteiger partial charge in [-0.25, -0.2) is 14.4 Å². The fraction of sp³-hybridized carbons (Fsp3) is 0.768. The van der Waals surface area contributed by atoms with Crippen molar-refractivity contribution in [1.29, 1.82) is 0 Å². The van der Waals surface area contributed by atoms with E-state index in [-0.39, 0.29) is 149 Å². The molecule has 0 aromatic heterocycles. The minimum atomic E-state index is -1.03. The van der Waals surface area contributed by atoms with Gasteiger partial charge in [0.2, 0.25) is 29.5 Å². The van der Waals surface area contributed by atoms with Crippen molar-refractivity contribution < 1.29 is 112 Å². The Bertz CT molecular complexity index is 3420. The first-order valence-corrected chi connectivity index (χ1v) is 46.8. The van der Waals surface area contributed by atoms with Gasteiger partial charge < -0.3 is 65.9 Å². The molecule has 0 spiro atoms. The maximum Gasteiger partial charge on any atom is 1.00 e. The number of esters is 4. The molecule has 2 unspecified atom stereocenters. The largest absolute Gasteiger partial charge is 1.00 e. The van der Waals surface area contributed by atoms with Crippen LogP contribution in [0.5, 0.6) is 0 Å². The molecule has 3 heterocycles. The number of rotatable bonds is 38. The smallest absolute Gasteiger partial charge is 0.870 e. The van der Waals surface area contributed by atoms with E-state index in [0.29, 0.717) is 106 Å². The molecule has 2 saturated heterocycles. The Kier molecular flexibility index (Phi) is 53.1. The third kappa shape index (κ3) is 36.0. The molecule has 6 aliphatic carbocycles. The molecule has 9 aliphatic rings. The van der Waals surface area contributed by atoms with E-state index in [1.165, 1.54) is 12.8 Å². The number of aliphatic carboxylic acids is 2. The molecular weight excluding hydrogens is 1570 g/mol. The summed E-state index contributed by atoms with van der Waals surface area (Å²) in [7, 11) is 0. The first kappa shape index (κ1) is 115. The Balaban J connectivity index is 0.000000779. The molecule has 124 heavy (non-hydrogen) atoms. The number of carboxylic acids is 2. The van der Waals surface area contributed by atoms with Crippen molar-refractivity contribution >= 4 is 65.4 Å². The van der Waals surface area contributed by atoms with Crippen LogP contribution in [0.4, 0.5) is 0 Å². The normalized spacial score (nSPS) is 29.2. The number of fused-ring (bicyclic) bond motifs is 2. The zero-order chi connectivity index (χ0) is 90.5. The predicted octanol–water partition coefficient (Wildman–Crippen LogP) is 15.4. The van der Waals surface area contributed by atoms with Crippen molar-refractivity contribution in [2.75, 3.05) is 39.5 Å². The van der Waals surface area contributed by atoms with Gasteiger partial charge in [0.25, 0.3) is 0 Å². The Morgan fingerprint density at radius 2 is 0.992 bits per heavy atom. The molecule has 25 heteroatoms. The SMILES string of the molecule is C=CC1C[C@]1(C)C(=O)OCC.C=CC1C[C@]1(NC(=O)[C@H]1CC[C@H](CC(C)C)C1)C(=O)OCC.C=CCCCCC[C@H](C)C(=O)N1C[C@H](CC(C)C)C[C@H]1C(=O)N[C@]1(C(=O)OCC)C[C@H]1C=C.C=CCCCCC[C@H](C)C(=O)O.CC(C)C[C@H]1CC[C@H](C(=O)O)C1.CCOC(=O)[C@@]12C[C@H]1/C=C\CCCCC[C@H](C)C(=O)N1C[C@H](CC(C)C)C[C@H]1C(=O)N2.[Li+].[OH-].[OH-]. The molecule has 8 fully saturated rings. The van der Waals surface area contributed by atoms with Crippen LogP contribution in [0.2, 0.25) is 0 Å². The van der Waals surface area contributed by atoms with Gasteiger partial charge in [0, 0.05) is 48.6 Å². The molecule has 9 rings (SSSR count). The van der Waals surface area contributed by atoms with Crippen LogP contribution in [0.25, 0.3) is 0 Å². The number of carbonyl (C=O) groups is 11. The molecule has 0 aromatic carbocycles. The van der Waals surface area contributed by atoms with Crippen LogP contribution < -0.4 is 34.8 Å². The van der Waals surface area contributed by atoms with E-state index in [1.54, 1.807) is 49.6 Å². The van der Waals surface area contributed by atoms with E-state index >= 15 is 0 Å². The number of unbranched alkanes of at least 4 members (excludes halogenated alkanes) is 6. The second-order valence-electron chi connectivity index (χ2n) is 38.4. The van der Waals surface area contributed by atoms with Crippen molar-refractivity contribution in [2.24, 2.45) is 106 Å². The second-order valence-corrected chi connectivity index (χ2v) is 38.4. The van der Waals surface area contributed by atoms with Gasteiger partial charge in [-0.3, -0.25) is 38.4 Å². The zero-order valence-corrected chi connectivity index (χ0v) is 79.5. The van der Waals surface area contributed by atoms with E-state index < -0.39 is 46.6 Å². The number of nitrogens with one attached hydrogen (secondary N) is 3. The fourth-order valence-electron chi connectivity index (χ4n) is 18.7. The molecule has 7 N–H and O–H groups in total. The van der Waals surface area contributed by atoms with E-state index in [4.69, 9.17) is 29.2 Å². The van der Waals surface area contributed by atoms with Crippen molar-refractivity contribution in [2.45, 2.75) is 339 Å². The van der Waals surface area contributed by atoms with Crippen LogP contribution >= 0.6 is 0 Å². The molecule has 3 aliphatic heterocycles. The number of allylic oxidation sites excluding steroid dienone is 4. The van der Waals surface area contributed by atoms with E-state index in [0.717, 1.165) is 154 Å². The molecule has 19 atom stereocenters. The van der Waals surface area contributed by atoms with Crippen molar-refractivity contribution in [3.63, 3.8) is 0 Å². The van der Waals surface area contributed by atoms with Crippen LogP contribution in [0.3, 0.4) is 0 Å². The van der Waals surface area contributed by atoms with Gasteiger partial charge >= 0.3 is 54.7 Å². The monoisotopic (exact) mass is 1740 g/mol. The van der Waals surface area contributed by atoms with Gasteiger partial charge in [-0.05, 0) is 248 Å². The first-order valence-electron chi connectivity index (χ1n) is 46.8. The van der Waals surface area contributed by atoms with E-state index in [2.05, 4.69) is 116 Å². The van der Waals surface area contributed by atoms with Crippen LogP contribution in [0, 0.1) is 106 Å². The van der Waals surface area contributed by atoms with Crippen molar-refractivity contribution in [1.82, 2.24) is 25.8 Å². The maximum atomic E-state index is 13.4. The number of amides is 5. The molecule has 6 saturated carbocycles. The van der Waals surface area contributed by atoms with Crippen LogP contribution in [-0.2, 0) is 71.7 Å². The first-order chi connectivity index (χ1) is 57.3. The quantitative estimate of drug-likeness (QED) is 0.0126. The van der Waals surface area contributed by atoms with Gasteiger partial charge in [-0.15, -0.1) is 32.9 Å². The number of carboxylic acid groups (broad SMARTS) is 2. The molecule has 5 amide bonds. The number of hydrogen-bond donors (Lipinski definition) is 5. The maximum absolute atomic E-state index is 13.4. The Hall–Kier alpha value is -6.87. The third-order valence-electron chi connectivity index (χ3n) is 26.1. The fourth-order valence-corrected chi connectivity index (χ4v) is 18.7. The molecule has 0 aromatic rings. The summed E-state index contributed by atoms with van der Waals surface area (Å²) in [4.78, 5) is 139. The Labute approximate surface area is 758 Å². The summed E-state index contributed by atoms with van der Waals surface area (Å²) in [5.74, 6) is 1.36. The van der Waals surface area contributed by atoms with Gasteiger partial charge in [0.05, 0.1) is 43.7 Å². The van der Waals surface area contributed by atoms with Gasteiger partial charge in [-0.1, -0.05) is 157 Å². The van der Waals surface area contributed by atoms with Crippen LogP contribution in [0.1, 0.15) is 310 Å². The topological polar surface area (TPSA) is 368 Å². The number of hydrogen-bond acceptors (Lipinski definition) is 17. The second kappa shape index (κ2) is 57.1. The molecular formula is C99H165LiN5O19-. The average molecular weight is 1740 g/mol. The van der Waals surface area contributed by atoms with Gasteiger partial charge in [0.1, 0.15) is 28.7 Å². The predicted molar refractivity (Wildman–Crippen MR) is 482 cm³/mol. The summed E-state index contributed by atoms with van der Waals surface area (Å²) in [6, 6.07) is -1.04. The summed E-state index contributed by atoms with van der Waals surface area (Å²) in [6.45, 7) is 53.5. The van der Waals surface area contributed by atoms with Crippen LogP contribution in [0.15, 0.2) is 75.4 Å². The molecule has 702 valence electrons. The van der Waals surface area contributed by atoms with Crippen LogP contribution in [-0.4, -0.2) is 165 Å². The average Bonchev–Trinajstić information content (AvgIpc) is 1.57. The third-order valence-corrected chi connectivity index (χ3v) is 26.1. The van der Waals surface area contributed by atoms with E-state index in [9.17, 15) is 52.7 Å². The Morgan fingerprint density at radius 3 is 1.44 bits per heavy atom. The van der Waals surface area contributed by atoms with Crippen molar-refractivity contribution in [3.05, 3.63) is 75.4 Å². The number of nitrogens with zero attached hydrogens (tertiary/aromatic N) is 2. The summed E-state index contributed by atoms with van der Waals surface area (Å²) in [5.41, 5.74) is -3.10. The summed E-state index contributed by atoms with van der Waals surface area (Å²) in [6.07, 6.45) is 42.6. The number of ether oxygens (including phenoxy) is 4. The minimum Gasteiger partial charge on any atom is -0.870 e. The number of likely N-dealkylation sites (tertiary alicyclic amines) is 1. The summed E-state index contributed by atoms with van der Waals surface area (Å²) in [5, 5.41) is 26.3. The summed E-state index contributed by atoms with van der Waals surface area (Å²) >= 11 is 0. The Morgan fingerprint density at radius 1 is 0.532 bits per heavy atom. The number of carbonyl (C=O) groups excluding carboxylic acids is 9. The van der Waals surface area contributed by atoms with Crippen molar-refractivity contribution in [3.8, 4) is 0 Å². The zero-order valence-electron chi connectivity index (χ0n) is 79.5. The van der Waals surface area contributed by atoms with Gasteiger partial charge in [-0.2, -0.15) is 0 Å². The summed E-state index contributed by atoms with van der Waals surface area (Å²) < 4.78 is 20.6. The minimum absolute atomic E-state index is 0. The standard InChI is InChI=1S/C27H44N2O4.C25H40N2O4.C18H29NO3.2C10H18O2.C9H14O2.Li.2H2O/c1-7-10-11-12-13-14-20(6)25(31)29-18-21(15-19(4)5)16-23(29)24(30)28-27(17-22(27)8-2)26(32)33-9-3;1-5-31-24(30)25-15-20(25)12-10-8-6-7-9-11-18(4)23(29)27-16-19(13-17(2)3)14-21(27)22(28)26-25;1-5-15-11-18(15,17(21)22-6-2)19-16(20)14-8-7-13(10-14)9-12(3)4;1-7(2)5-8-3-4-9(6-8)10(11)12;1-3-4-5-6-7-8-9(2)10(11)12;1-4-7-6-9(7,3)8(10)11-5-2;;;/h7-8,19-23H,1-2,9-18H2,3-6H3,(H,28,30);10,12,17-21H,5-9,11,13-16H2,1-4H3,(H,26,28);5,12-15H,1,6-11H2,2-4H3,(H,19,20);7-9H,3-6H2,1-2H3,(H,11,12);3,9H,1,4-8H2,2H3,(H,11,12);4,7H,1,5-6H2,2-3H3;;2*1H2/q;;;;;;+1;;/p-2/b;12-10-;;;;;;;/t20-,21+,22+,23-,27+;18-,19+,20+,21-,25+;13-,14+,15?,18-;8-,9+;9-;7?,9-;;;/m001100.../s1.